The lowest BCUT2D eigenvalue weighted by Crippen LogP contribution is -2.19. The van der Waals surface area contributed by atoms with Crippen LogP contribution in [0.4, 0.5) is 37.7 Å². The SMILES string of the molecule is O=S(=O)(Nc1ccc(-c2ccsc2)cc1NS(=O)(=O)c1ccc(OC(F)(F)F)cc1)c1ccc(OC(F)(F)F)cc1. The fourth-order valence-corrected chi connectivity index (χ4v) is 6.19. The van der Waals surface area contributed by atoms with Crippen LogP contribution in [0.25, 0.3) is 11.1 Å². The van der Waals surface area contributed by atoms with Gasteiger partial charge in [-0.25, -0.2) is 16.8 Å². The second-order valence-electron chi connectivity index (χ2n) is 8.02. The first-order chi connectivity index (χ1) is 19.0. The standard InChI is InChI=1S/C24H16F6N2O6S3/c25-23(26,27)37-17-2-6-19(7-3-17)40(33,34)31-21-10-1-15(16-11-12-39-14-16)13-22(21)32-41(35,36)20-8-4-18(5-9-20)38-24(28,29)30/h1-14,31-32H. The van der Waals surface area contributed by atoms with Crippen LogP contribution < -0.4 is 18.9 Å². The van der Waals surface area contributed by atoms with Gasteiger partial charge in [0.15, 0.2) is 0 Å². The van der Waals surface area contributed by atoms with Crippen molar-refractivity contribution in [3.63, 3.8) is 0 Å². The minimum absolute atomic E-state index is 0.245. The number of ether oxygens (including phenoxy) is 2. The van der Waals surface area contributed by atoms with Gasteiger partial charge in [0.2, 0.25) is 0 Å². The first kappa shape index (κ1) is 30.0. The molecule has 0 spiro atoms. The van der Waals surface area contributed by atoms with E-state index in [1.54, 1.807) is 16.8 Å². The zero-order chi connectivity index (χ0) is 30.1. The van der Waals surface area contributed by atoms with Gasteiger partial charge in [0, 0.05) is 0 Å². The number of anilines is 2. The second-order valence-corrected chi connectivity index (χ2v) is 12.2. The van der Waals surface area contributed by atoms with Crippen molar-refractivity contribution in [3.05, 3.63) is 83.6 Å². The normalized spacial score (nSPS) is 12.5. The van der Waals surface area contributed by atoms with E-state index in [1.807, 2.05) is 0 Å². The van der Waals surface area contributed by atoms with E-state index in [0.717, 1.165) is 48.5 Å². The van der Waals surface area contributed by atoms with Crippen molar-refractivity contribution in [2.75, 3.05) is 9.44 Å². The Hall–Kier alpha value is -3.96. The number of hydrogen-bond donors (Lipinski definition) is 2. The summed E-state index contributed by atoms with van der Waals surface area (Å²) in [6.45, 7) is 0. The molecule has 41 heavy (non-hydrogen) atoms. The van der Waals surface area contributed by atoms with Gasteiger partial charge < -0.3 is 9.47 Å². The highest BCUT2D eigenvalue weighted by Crippen LogP contribution is 2.34. The molecule has 0 unspecified atom stereocenters. The van der Waals surface area contributed by atoms with Crippen LogP contribution in [0.15, 0.2) is 93.3 Å². The Kier molecular flexibility index (Phi) is 8.15. The average Bonchev–Trinajstić information content (AvgIpc) is 3.39. The molecular formula is C24H16F6N2O6S3. The van der Waals surface area contributed by atoms with Crippen LogP contribution in [0.5, 0.6) is 11.5 Å². The maximum Gasteiger partial charge on any atom is 0.573 e. The van der Waals surface area contributed by atoms with Gasteiger partial charge in [-0.05, 0) is 88.6 Å². The van der Waals surface area contributed by atoms with Gasteiger partial charge in [0.1, 0.15) is 11.5 Å². The van der Waals surface area contributed by atoms with Gasteiger partial charge in [0.05, 0.1) is 21.2 Å². The van der Waals surface area contributed by atoms with Gasteiger partial charge in [-0.2, -0.15) is 11.3 Å². The van der Waals surface area contributed by atoms with E-state index >= 15 is 0 Å². The van der Waals surface area contributed by atoms with E-state index in [-0.39, 0.29) is 11.4 Å². The molecule has 3 aromatic carbocycles. The van der Waals surface area contributed by atoms with Crippen LogP contribution in [0.1, 0.15) is 0 Å². The largest absolute Gasteiger partial charge is 0.573 e. The molecule has 1 heterocycles. The molecule has 1 aromatic heterocycles. The van der Waals surface area contributed by atoms with Crippen molar-refractivity contribution < 1.29 is 52.7 Å². The van der Waals surface area contributed by atoms with E-state index < -0.39 is 54.1 Å². The van der Waals surface area contributed by atoms with Gasteiger partial charge in [-0.1, -0.05) is 6.07 Å². The first-order valence-electron chi connectivity index (χ1n) is 10.9. The molecule has 4 rings (SSSR count). The van der Waals surface area contributed by atoms with Crippen LogP contribution in [0.2, 0.25) is 0 Å². The summed E-state index contributed by atoms with van der Waals surface area (Å²) in [5.74, 6) is -1.31. The fourth-order valence-electron chi connectivity index (χ4n) is 3.37. The number of thiophene rings is 1. The van der Waals surface area contributed by atoms with E-state index in [2.05, 4.69) is 18.9 Å². The number of sulfonamides is 2. The quantitative estimate of drug-likeness (QED) is 0.195. The zero-order valence-corrected chi connectivity index (χ0v) is 22.5. The maximum atomic E-state index is 13.1. The molecule has 17 heteroatoms. The molecule has 0 aliphatic heterocycles. The molecule has 0 fully saturated rings. The monoisotopic (exact) mass is 638 g/mol. The Morgan fingerprint density at radius 1 is 0.585 bits per heavy atom. The topological polar surface area (TPSA) is 111 Å². The van der Waals surface area contributed by atoms with E-state index in [4.69, 9.17) is 0 Å². The summed E-state index contributed by atoms with van der Waals surface area (Å²) >= 11 is 1.35. The third-order valence-electron chi connectivity index (χ3n) is 5.10. The van der Waals surface area contributed by atoms with Crippen molar-refractivity contribution in [2.45, 2.75) is 22.5 Å². The average molecular weight is 639 g/mol. The van der Waals surface area contributed by atoms with E-state index in [0.29, 0.717) is 11.1 Å². The van der Waals surface area contributed by atoms with Crippen molar-refractivity contribution >= 4 is 42.8 Å². The number of hydrogen-bond acceptors (Lipinski definition) is 7. The van der Waals surface area contributed by atoms with Crippen molar-refractivity contribution in [3.8, 4) is 22.6 Å². The Morgan fingerprint density at radius 3 is 1.46 bits per heavy atom. The van der Waals surface area contributed by atoms with Crippen molar-refractivity contribution in [1.82, 2.24) is 0 Å². The molecule has 0 aliphatic carbocycles. The molecule has 0 aliphatic rings. The molecule has 0 saturated heterocycles. The highest BCUT2D eigenvalue weighted by molar-refractivity contribution is 7.93. The van der Waals surface area contributed by atoms with Crippen LogP contribution in [0, 0.1) is 0 Å². The molecular weight excluding hydrogens is 622 g/mol. The predicted molar refractivity (Wildman–Crippen MR) is 138 cm³/mol. The lowest BCUT2D eigenvalue weighted by Gasteiger charge is -2.16. The number of nitrogens with one attached hydrogen (secondary N) is 2. The summed E-state index contributed by atoms with van der Waals surface area (Å²) in [4.78, 5) is -0.912. The Balaban J connectivity index is 1.66. The van der Waals surface area contributed by atoms with Gasteiger partial charge in [-0.3, -0.25) is 9.44 Å². The van der Waals surface area contributed by atoms with Gasteiger partial charge in [-0.15, -0.1) is 26.3 Å². The number of halogens is 6. The summed E-state index contributed by atoms with van der Waals surface area (Å²) in [7, 11) is -8.92. The van der Waals surface area contributed by atoms with E-state index in [9.17, 15) is 43.2 Å². The minimum Gasteiger partial charge on any atom is -0.406 e. The molecule has 218 valence electrons. The molecule has 4 aromatic rings. The van der Waals surface area contributed by atoms with Gasteiger partial charge in [0.25, 0.3) is 20.0 Å². The highest BCUT2D eigenvalue weighted by atomic mass is 32.2. The van der Waals surface area contributed by atoms with Crippen LogP contribution in [-0.4, -0.2) is 29.6 Å². The molecule has 0 atom stereocenters. The Morgan fingerprint density at radius 2 is 1.05 bits per heavy atom. The molecule has 8 nitrogen and oxygen atoms in total. The Labute approximate surface area is 233 Å². The second kappa shape index (κ2) is 11.1. The third kappa shape index (κ3) is 8.05. The first-order valence-corrected chi connectivity index (χ1v) is 14.9. The van der Waals surface area contributed by atoms with E-state index in [1.165, 1.54) is 29.5 Å². The number of benzene rings is 3. The summed E-state index contributed by atoms with van der Waals surface area (Å²) in [6, 6.07) is 12.4. The molecule has 0 saturated carbocycles. The number of alkyl halides is 6. The summed E-state index contributed by atoms with van der Waals surface area (Å²) in [5, 5.41) is 3.51. The maximum absolute atomic E-state index is 13.1. The van der Waals surface area contributed by atoms with Crippen LogP contribution in [-0.2, 0) is 20.0 Å². The minimum atomic E-state index is -4.99. The smallest absolute Gasteiger partial charge is 0.406 e. The lowest BCUT2D eigenvalue weighted by atomic mass is 10.1. The van der Waals surface area contributed by atoms with Crippen molar-refractivity contribution in [1.29, 1.82) is 0 Å². The Bertz CT molecular complexity index is 1720. The van der Waals surface area contributed by atoms with Gasteiger partial charge >= 0.3 is 12.7 Å². The predicted octanol–water partition coefficient (Wildman–Crippen LogP) is 6.81. The van der Waals surface area contributed by atoms with Crippen LogP contribution in [0.3, 0.4) is 0 Å². The molecule has 0 amide bonds. The third-order valence-corrected chi connectivity index (χ3v) is 8.54. The van der Waals surface area contributed by atoms with Crippen LogP contribution >= 0.6 is 11.3 Å². The summed E-state index contributed by atoms with van der Waals surface area (Å²) < 4.78 is 139. The highest BCUT2D eigenvalue weighted by Gasteiger charge is 2.32. The summed E-state index contributed by atoms with van der Waals surface area (Å²) in [6.07, 6.45) is -9.97. The number of rotatable bonds is 9. The summed E-state index contributed by atoms with van der Waals surface area (Å²) in [5.41, 5.74) is 0.679. The molecule has 2 N–H and O–H groups in total. The van der Waals surface area contributed by atoms with Crippen molar-refractivity contribution in [2.24, 2.45) is 0 Å². The molecule has 0 bridgehead atoms. The zero-order valence-electron chi connectivity index (χ0n) is 20.0. The lowest BCUT2D eigenvalue weighted by molar-refractivity contribution is -0.275. The fraction of sp³-hybridized carbons (Fsp3) is 0.0833. The molecule has 0 radical (unpaired) electrons.